The van der Waals surface area contributed by atoms with E-state index in [0.717, 1.165) is 59.8 Å². The van der Waals surface area contributed by atoms with Gasteiger partial charge >= 0.3 is 5.69 Å². The molecule has 1 aliphatic rings. The molecule has 0 saturated heterocycles. The Morgan fingerprint density at radius 2 is 1.76 bits per heavy atom. The van der Waals surface area contributed by atoms with E-state index in [2.05, 4.69) is 64.8 Å². The molecule has 1 fully saturated rings. The summed E-state index contributed by atoms with van der Waals surface area (Å²) >= 11 is 0. The summed E-state index contributed by atoms with van der Waals surface area (Å²) in [6.07, 6.45) is 9.47. The van der Waals surface area contributed by atoms with E-state index in [-0.39, 0.29) is 5.69 Å². The number of tetrazole rings is 1. The van der Waals surface area contributed by atoms with Gasteiger partial charge in [0, 0.05) is 18.5 Å². The van der Waals surface area contributed by atoms with Gasteiger partial charge in [-0.1, -0.05) is 94.5 Å². The molecule has 0 amide bonds. The number of hydrogen-bond acceptors (Lipinski definition) is 5. The third-order valence-corrected chi connectivity index (χ3v) is 7.55. The average molecular weight is 500 g/mol. The number of nitrogens with zero attached hydrogens (tertiary/aromatic N) is 6. The molecular formula is C29H37N7O. The van der Waals surface area contributed by atoms with E-state index < -0.39 is 0 Å². The Hall–Kier alpha value is -3.55. The van der Waals surface area contributed by atoms with Crippen LogP contribution in [0.15, 0.2) is 53.3 Å². The highest BCUT2D eigenvalue weighted by Gasteiger charge is 2.18. The maximum atomic E-state index is 13.4. The van der Waals surface area contributed by atoms with Crippen molar-refractivity contribution in [3.05, 3.63) is 70.4 Å². The van der Waals surface area contributed by atoms with E-state index in [1.807, 2.05) is 22.8 Å². The summed E-state index contributed by atoms with van der Waals surface area (Å²) in [6.45, 7) is 5.68. The predicted molar refractivity (Wildman–Crippen MR) is 145 cm³/mol. The molecule has 0 bridgehead atoms. The minimum absolute atomic E-state index is 0.0156. The Bertz CT molecular complexity index is 1330. The van der Waals surface area contributed by atoms with Gasteiger partial charge in [-0.3, -0.25) is 4.57 Å². The van der Waals surface area contributed by atoms with E-state index in [4.69, 9.17) is 5.10 Å². The van der Waals surface area contributed by atoms with E-state index >= 15 is 0 Å². The highest BCUT2D eigenvalue weighted by Crippen LogP contribution is 2.30. The van der Waals surface area contributed by atoms with E-state index in [1.54, 1.807) is 4.68 Å². The SMILES string of the molecule is CC(C)CCc1nn(CCC2CCCCC2)c(=O)n1Cc1ccc(-c2ccccc2-c2nnn[nH]2)cc1. The van der Waals surface area contributed by atoms with Gasteiger partial charge in [0.15, 0.2) is 5.82 Å². The Morgan fingerprint density at radius 1 is 1.00 bits per heavy atom. The van der Waals surface area contributed by atoms with Gasteiger partial charge in [0.1, 0.15) is 5.82 Å². The number of aromatic amines is 1. The van der Waals surface area contributed by atoms with E-state index in [9.17, 15) is 4.79 Å². The summed E-state index contributed by atoms with van der Waals surface area (Å²) < 4.78 is 3.60. The second-order valence-corrected chi connectivity index (χ2v) is 10.7. The summed E-state index contributed by atoms with van der Waals surface area (Å²) in [5.74, 6) is 2.83. The average Bonchev–Trinajstić information content (AvgIpc) is 3.56. The number of aromatic nitrogens is 7. The van der Waals surface area contributed by atoms with Crippen LogP contribution in [-0.4, -0.2) is 35.0 Å². The Kier molecular flexibility index (Phi) is 7.92. The first kappa shape index (κ1) is 25.1. The summed E-state index contributed by atoms with van der Waals surface area (Å²) in [4.78, 5) is 13.4. The van der Waals surface area contributed by atoms with Crippen LogP contribution in [0.2, 0.25) is 0 Å². The fourth-order valence-corrected chi connectivity index (χ4v) is 5.36. The number of H-pyrrole nitrogens is 1. The van der Waals surface area contributed by atoms with Crippen molar-refractivity contribution < 1.29 is 0 Å². The molecule has 1 N–H and O–H groups in total. The number of nitrogens with one attached hydrogen (secondary N) is 1. The zero-order valence-electron chi connectivity index (χ0n) is 21.9. The molecule has 8 heteroatoms. The van der Waals surface area contributed by atoms with Crippen LogP contribution in [0.4, 0.5) is 0 Å². The van der Waals surface area contributed by atoms with Gasteiger partial charge in [-0.05, 0) is 51.8 Å². The molecule has 0 atom stereocenters. The lowest BCUT2D eigenvalue weighted by Gasteiger charge is -2.20. The maximum Gasteiger partial charge on any atom is 0.346 e. The van der Waals surface area contributed by atoms with Crippen LogP contribution in [0, 0.1) is 11.8 Å². The molecule has 8 nitrogen and oxygen atoms in total. The zero-order chi connectivity index (χ0) is 25.6. The Balaban J connectivity index is 1.36. The third-order valence-electron chi connectivity index (χ3n) is 7.55. The standard InChI is InChI=1S/C29H37N7O/c1-21(2)12-17-27-32-36(19-18-22-8-4-3-5-9-22)29(37)35(27)20-23-13-15-24(16-14-23)25-10-6-7-11-26(25)28-30-33-34-31-28/h6-7,10-11,13-16,21-22H,3-5,8-9,12,17-20H2,1-2H3,(H,30,31,33,34). The molecule has 0 spiro atoms. The van der Waals surface area contributed by atoms with Gasteiger partial charge in [-0.25, -0.2) is 14.6 Å². The highest BCUT2D eigenvalue weighted by molar-refractivity contribution is 5.80. The lowest BCUT2D eigenvalue weighted by Crippen LogP contribution is -2.27. The summed E-state index contributed by atoms with van der Waals surface area (Å²) in [5.41, 5.74) is 4.18. The molecule has 5 rings (SSSR count). The van der Waals surface area contributed by atoms with Crippen LogP contribution >= 0.6 is 0 Å². The number of benzene rings is 2. The van der Waals surface area contributed by atoms with Gasteiger partial charge in [0.25, 0.3) is 0 Å². The first-order chi connectivity index (χ1) is 18.1. The van der Waals surface area contributed by atoms with Crippen LogP contribution < -0.4 is 5.69 Å². The van der Waals surface area contributed by atoms with Crippen molar-refractivity contribution in [2.24, 2.45) is 11.8 Å². The van der Waals surface area contributed by atoms with E-state index in [1.165, 1.54) is 32.1 Å². The number of aryl methyl sites for hydroxylation is 2. The molecular weight excluding hydrogens is 462 g/mol. The fraction of sp³-hybridized carbons (Fsp3) is 0.483. The van der Waals surface area contributed by atoms with Gasteiger partial charge in [-0.2, -0.15) is 5.10 Å². The lowest BCUT2D eigenvalue weighted by molar-refractivity contribution is 0.316. The molecule has 0 radical (unpaired) electrons. The van der Waals surface area contributed by atoms with Crippen molar-refractivity contribution in [2.75, 3.05) is 0 Å². The van der Waals surface area contributed by atoms with Gasteiger partial charge in [0.05, 0.1) is 6.54 Å². The molecule has 1 saturated carbocycles. The third kappa shape index (κ3) is 6.06. The second kappa shape index (κ2) is 11.7. The lowest BCUT2D eigenvalue weighted by atomic mass is 9.87. The Morgan fingerprint density at radius 3 is 2.46 bits per heavy atom. The minimum atomic E-state index is 0.0156. The molecule has 37 heavy (non-hydrogen) atoms. The maximum absolute atomic E-state index is 13.4. The van der Waals surface area contributed by atoms with Gasteiger partial charge < -0.3 is 0 Å². The monoisotopic (exact) mass is 499 g/mol. The summed E-state index contributed by atoms with van der Waals surface area (Å²) in [7, 11) is 0. The topological polar surface area (TPSA) is 94.3 Å². The van der Waals surface area contributed by atoms with Gasteiger partial charge in [-0.15, -0.1) is 5.10 Å². The largest absolute Gasteiger partial charge is 0.346 e. The highest BCUT2D eigenvalue weighted by atomic mass is 16.2. The first-order valence-electron chi connectivity index (χ1n) is 13.7. The smallest absolute Gasteiger partial charge is 0.274 e. The van der Waals surface area contributed by atoms with Crippen LogP contribution in [-0.2, 0) is 19.5 Å². The molecule has 0 aliphatic heterocycles. The molecule has 1 aliphatic carbocycles. The fourth-order valence-electron chi connectivity index (χ4n) is 5.36. The molecule has 4 aromatic rings. The Labute approximate surface area is 218 Å². The first-order valence-corrected chi connectivity index (χ1v) is 13.7. The minimum Gasteiger partial charge on any atom is -0.274 e. The van der Waals surface area contributed by atoms with Crippen molar-refractivity contribution in [2.45, 2.75) is 78.3 Å². The van der Waals surface area contributed by atoms with Crippen molar-refractivity contribution >= 4 is 0 Å². The molecule has 2 aromatic carbocycles. The van der Waals surface area contributed by atoms with Crippen LogP contribution in [0.5, 0.6) is 0 Å². The zero-order valence-corrected chi connectivity index (χ0v) is 21.9. The van der Waals surface area contributed by atoms with Crippen molar-refractivity contribution in [1.29, 1.82) is 0 Å². The van der Waals surface area contributed by atoms with E-state index in [0.29, 0.717) is 18.3 Å². The molecule has 0 unspecified atom stereocenters. The molecule has 194 valence electrons. The summed E-state index contributed by atoms with van der Waals surface area (Å²) in [5, 5.41) is 19.2. The second-order valence-electron chi connectivity index (χ2n) is 10.7. The van der Waals surface area contributed by atoms with Crippen LogP contribution in [0.3, 0.4) is 0 Å². The van der Waals surface area contributed by atoms with Crippen molar-refractivity contribution in [3.63, 3.8) is 0 Å². The quantitative estimate of drug-likeness (QED) is 0.311. The number of hydrogen-bond donors (Lipinski definition) is 1. The van der Waals surface area contributed by atoms with Crippen LogP contribution in [0.25, 0.3) is 22.5 Å². The summed E-state index contributed by atoms with van der Waals surface area (Å²) in [6, 6.07) is 16.5. The normalized spacial score (nSPS) is 14.5. The predicted octanol–water partition coefficient (Wildman–Crippen LogP) is 5.50. The molecule has 2 aromatic heterocycles. The van der Waals surface area contributed by atoms with Crippen LogP contribution in [0.1, 0.15) is 70.2 Å². The van der Waals surface area contributed by atoms with Crippen molar-refractivity contribution in [1.82, 2.24) is 35.0 Å². The van der Waals surface area contributed by atoms with Gasteiger partial charge in [0.2, 0.25) is 0 Å². The van der Waals surface area contributed by atoms with Crippen molar-refractivity contribution in [3.8, 4) is 22.5 Å². The number of rotatable bonds is 10. The molecule has 2 heterocycles.